The predicted molar refractivity (Wildman–Crippen MR) is 95.8 cm³/mol. The number of aromatic nitrogens is 2. The number of rotatable bonds is 2. The van der Waals surface area contributed by atoms with Gasteiger partial charge in [0.05, 0.1) is 23.7 Å². The summed E-state index contributed by atoms with van der Waals surface area (Å²) in [6, 6.07) is 7.41. The SMILES string of the molecule is Nc1ncc(N)c(N(N)c2ccc(Br)cc2)n1.OC1CCCC1. The molecule has 0 amide bonds. The Bertz CT molecular complexity index is 630. The lowest BCUT2D eigenvalue weighted by Gasteiger charge is -2.19. The van der Waals surface area contributed by atoms with Crippen molar-refractivity contribution in [3.8, 4) is 0 Å². The second-order valence-electron chi connectivity index (χ2n) is 5.29. The number of nitrogens with two attached hydrogens (primary N) is 3. The van der Waals surface area contributed by atoms with Crippen LogP contribution < -0.4 is 22.3 Å². The maximum atomic E-state index is 8.73. The minimum atomic E-state index is 0.0463. The van der Waals surface area contributed by atoms with E-state index in [9.17, 15) is 0 Å². The van der Waals surface area contributed by atoms with Crippen LogP contribution in [0.2, 0.25) is 0 Å². The molecule has 1 saturated carbocycles. The van der Waals surface area contributed by atoms with E-state index in [0.29, 0.717) is 11.5 Å². The Balaban J connectivity index is 0.000000268. The Hall–Kier alpha value is -1.90. The maximum Gasteiger partial charge on any atom is 0.222 e. The van der Waals surface area contributed by atoms with Crippen molar-refractivity contribution in [2.24, 2.45) is 5.84 Å². The smallest absolute Gasteiger partial charge is 0.222 e. The fourth-order valence-corrected chi connectivity index (χ4v) is 2.48. The molecule has 7 N–H and O–H groups in total. The molecule has 0 radical (unpaired) electrons. The van der Waals surface area contributed by atoms with Gasteiger partial charge < -0.3 is 16.6 Å². The lowest BCUT2D eigenvalue weighted by molar-refractivity contribution is 0.183. The first-order valence-corrected chi connectivity index (χ1v) is 8.13. The van der Waals surface area contributed by atoms with Gasteiger partial charge >= 0.3 is 0 Å². The summed E-state index contributed by atoms with van der Waals surface area (Å²) in [6.07, 6.45) is 6.03. The lowest BCUT2D eigenvalue weighted by atomic mass is 10.3. The molecule has 2 aromatic rings. The van der Waals surface area contributed by atoms with E-state index in [1.807, 2.05) is 24.3 Å². The second kappa shape index (κ2) is 8.09. The summed E-state index contributed by atoms with van der Waals surface area (Å²) in [5.41, 5.74) is 12.4. The standard InChI is InChI=1S/C10H11BrN6.C5H10O/c11-6-1-3-7(4-2-6)17(14)9-8(12)5-15-10(13)16-9;6-5-3-1-2-4-5/h1-5H,12,14H2,(H2,13,15,16);5-6H,1-4H2. The van der Waals surface area contributed by atoms with Crippen LogP contribution in [0.1, 0.15) is 25.7 Å². The highest BCUT2D eigenvalue weighted by Crippen LogP contribution is 2.26. The van der Waals surface area contributed by atoms with Crippen LogP contribution in [-0.2, 0) is 0 Å². The van der Waals surface area contributed by atoms with E-state index < -0.39 is 0 Å². The molecule has 0 saturated heterocycles. The van der Waals surface area contributed by atoms with Crippen molar-refractivity contribution >= 4 is 39.1 Å². The molecular weight excluding hydrogens is 360 g/mol. The van der Waals surface area contributed by atoms with Crippen molar-refractivity contribution in [2.75, 3.05) is 16.5 Å². The van der Waals surface area contributed by atoms with Gasteiger partial charge in [-0.15, -0.1) is 0 Å². The Morgan fingerprint density at radius 2 is 1.74 bits per heavy atom. The minimum Gasteiger partial charge on any atom is -0.394 e. The molecule has 0 atom stereocenters. The fraction of sp³-hybridized carbons (Fsp3) is 0.333. The van der Waals surface area contributed by atoms with Gasteiger partial charge in [0, 0.05) is 4.47 Å². The van der Waals surface area contributed by atoms with Crippen molar-refractivity contribution in [2.45, 2.75) is 31.8 Å². The molecule has 0 unspecified atom stereocenters. The molecule has 124 valence electrons. The monoisotopic (exact) mass is 380 g/mol. The third kappa shape index (κ3) is 5.05. The van der Waals surface area contributed by atoms with E-state index >= 15 is 0 Å². The minimum absolute atomic E-state index is 0.0463. The number of halogens is 1. The Morgan fingerprint density at radius 1 is 1.13 bits per heavy atom. The average Bonchev–Trinajstić information content (AvgIpc) is 3.01. The molecule has 1 fully saturated rings. The van der Waals surface area contributed by atoms with E-state index in [1.54, 1.807) is 0 Å². The summed E-state index contributed by atoms with van der Waals surface area (Å²) in [5.74, 6) is 6.43. The zero-order valence-electron chi connectivity index (χ0n) is 12.7. The van der Waals surface area contributed by atoms with Crippen LogP contribution >= 0.6 is 15.9 Å². The summed E-state index contributed by atoms with van der Waals surface area (Å²) in [5, 5.41) is 10.1. The van der Waals surface area contributed by atoms with Gasteiger partial charge in [-0.3, -0.25) is 5.01 Å². The van der Waals surface area contributed by atoms with Crippen molar-refractivity contribution in [1.29, 1.82) is 0 Å². The summed E-state index contributed by atoms with van der Waals surface area (Å²) >= 11 is 3.35. The maximum absolute atomic E-state index is 8.73. The number of hydrogen-bond acceptors (Lipinski definition) is 7. The number of anilines is 4. The van der Waals surface area contributed by atoms with Gasteiger partial charge in [0.1, 0.15) is 0 Å². The number of hydrazine groups is 1. The quantitative estimate of drug-likeness (QED) is 0.464. The first kappa shape index (κ1) is 17.5. The largest absolute Gasteiger partial charge is 0.394 e. The normalized spacial score (nSPS) is 14.2. The number of aliphatic hydroxyl groups is 1. The second-order valence-corrected chi connectivity index (χ2v) is 6.21. The Labute approximate surface area is 143 Å². The van der Waals surface area contributed by atoms with Gasteiger partial charge in [0.25, 0.3) is 0 Å². The van der Waals surface area contributed by atoms with Gasteiger partial charge in [-0.2, -0.15) is 4.98 Å². The third-order valence-corrected chi connectivity index (χ3v) is 4.00. The molecule has 1 aromatic carbocycles. The molecule has 1 aliphatic rings. The molecule has 1 aliphatic carbocycles. The zero-order chi connectivity index (χ0) is 16.8. The summed E-state index contributed by atoms with van der Waals surface area (Å²) < 4.78 is 0.963. The molecule has 3 rings (SSSR count). The fourth-order valence-electron chi connectivity index (χ4n) is 2.22. The van der Waals surface area contributed by atoms with Gasteiger partial charge in [-0.1, -0.05) is 28.8 Å². The van der Waals surface area contributed by atoms with Crippen molar-refractivity contribution < 1.29 is 5.11 Å². The highest BCUT2D eigenvalue weighted by atomic mass is 79.9. The Morgan fingerprint density at radius 3 is 2.26 bits per heavy atom. The number of hydrogen-bond donors (Lipinski definition) is 4. The van der Waals surface area contributed by atoms with Crippen molar-refractivity contribution in [3.05, 3.63) is 34.9 Å². The number of nitrogen functional groups attached to an aromatic ring is 2. The van der Waals surface area contributed by atoms with Crippen molar-refractivity contribution in [3.63, 3.8) is 0 Å². The summed E-state index contributed by atoms with van der Waals surface area (Å²) in [6.45, 7) is 0. The average molecular weight is 381 g/mol. The predicted octanol–water partition coefficient (Wildman–Crippen LogP) is 2.34. The molecule has 8 heteroatoms. The highest BCUT2D eigenvalue weighted by molar-refractivity contribution is 9.10. The summed E-state index contributed by atoms with van der Waals surface area (Å²) in [4.78, 5) is 7.78. The lowest BCUT2D eigenvalue weighted by Crippen LogP contribution is -2.27. The molecule has 0 bridgehead atoms. The molecule has 0 spiro atoms. The van der Waals surface area contributed by atoms with Crippen molar-refractivity contribution in [1.82, 2.24) is 9.97 Å². The van der Waals surface area contributed by atoms with Crippen LogP contribution in [0.25, 0.3) is 0 Å². The number of aliphatic hydroxyl groups excluding tert-OH is 1. The van der Waals surface area contributed by atoms with E-state index in [4.69, 9.17) is 22.4 Å². The number of benzene rings is 1. The van der Waals surface area contributed by atoms with Crippen LogP contribution in [0, 0.1) is 0 Å². The van der Waals surface area contributed by atoms with Crippen LogP contribution in [0.4, 0.5) is 23.1 Å². The van der Waals surface area contributed by atoms with Crippen LogP contribution in [0.15, 0.2) is 34.9 Å². The topological polar surface area (TPSA) is 127 Å². The molecule has 1 aromatic heterocycles. The van der Waals surface area contributed by atoms with Crippen LogP contribution in [-0.4, -0.2) is 21.2 Å². The van der Waals surface area contributed by atoms with Crippen LogP contribution in [0.3, 0.4) is 0 Å². The first-order valence-electron chi connectivity index (χ1n) is 7.34. The van der Waals surface area contributed by atoms with E-state index in [-0.39, 0.29) is 12.1 Å². The summed E-state index contributed by atoms with van der Waals surface area (Å²) in [7, 11) is 0. The molecule has 7 nitrogen and oxygen atoms in total. The van der Waals surface area contributed by atoms with Gasteiger partial charge in [-0.05, 0) is 37.1 Å². The molecule has 0 aliphatic heterocycles. The first-order chi connectivity index (χ1) is 11.0. The van der Waals surface area contributed by atoms with E-state index in [2.05, 4.69) is 25.9 Å². The van der Waals surface area contributed by atoms with Gasteiger partial charge in [-0.25, -0.2) is 10.8 Å². The third-order valence-electron chi connectivity index (χ3n) is 3.47. The van der Waals surface area contributed by atoms with Gasteiger partial charge in [0.2, 0.25) is 5.95 Å². The highest BCUT2D eigenvalue weighted by Gasteiger charge is 2.11. The molecule has 23 heavy (non-hydrogen) atoms. The van der Waals surface area contributed by atoms with E-state index in [0.717, 1.165) is 23.0 Å². The molecule has 1 heterocycles. The molecular formula is C15H21BrN6O. The van der Waals surface area contributed by atoms with Crippen LogP contribution in [0.5, 0.6) is 0 Å². The Kier molecular flexibility index (Phi) is 6.14. The van der Waals surface area contributed by atoms with Gasteiger partial charge in [0.15, 0.2) is 5.82 Å². The zero-order valence-corrected chi connectivity index (χ0v) is 14.3. The van der Waals surface area contributed by atoms with E-state index in [1.165, 1.54) is 24.0 Å². The number of nitrogens with zero attached hydrogens (tertiary/aromatic N) is 3.